The van der Waals surface area contributed by atoms with E-state index in [1.165, 1.54) is 6.20 Å². The van der Waals surface area contributed by atoms with Gasteiger partial charge in [0.2, 0.25) is 15.0 Å². The summed E-state index contributed by atoms with van der Waals surface area (Å²) in [5.74, 6) is 0.168. The molecule has 3 aromatic rings. The van der Waals surface area contributed by atoms with Gasteiger partial charge in [0.1, 0.15) is 11.5 Å². The van der Waals surface area contributed by atoms with E-state index < -0.39 is 16.9 Å². The van der Waals surface area contributed by atoms with Gasteiger partial charge in [-0.25, -0.2) is 13.4 Å². The van der Waals surface area contributed by atoms with Gasteiger partial charge in [-0.05, 0) is 25.1 Å². The lowest BCUT2D eigenvalue weighted by Gasteiger charge is -2.11. The largest absolute Gasteiger partial charge is 0.493 e. The van der Waals surface area contributed by atoms with Gasteiger partial charge >= 0.3 is 0 Å². The molecule has 0 saturated carbocycles. The second kappa shape index (κ2) is 7.84. The standard InChI is InChI=1S/C18H21N3O4S/c1-13-16(19-9-8-17(13)25-11-5-10-24-2)12-26(22,23)18-20-14-6-3-4-7-15(14)21-18/h3-4,6-9H,5,10-12H2,1-2H3,(H,20,21)/i2D3. The van der Waals surface area contributed by atoms with E-state index in [0.29, 0.717) is 34.5 Å². The minimum atomic E-state index is -3.73. The first kappa shape index (κ1) is 14.7. The predicted molar refractivity (Wildman–Crippen MR) is 97.9 cm³/mol. The highest BCUT2D eigenvalue weighted by molar-refractivity contribution is 7.90. The molecule has 26 heavy (non-hydrogen) atoms. The molecule has 0 atom stereocenters. The zero-order chi connectivity index (χ0) is 21.1. The fourth-order valence-corrected chi connectivity index (χ4v) is 3.79. The number of rotatable bonds is 8. The summed E-state index contributed by atoms with van der Waals surface area (Å²) >= 11 is 0. The number of nitrogens with one attached hydrogen (secondary N) is 1. The van der Waals surface area contributed by atoms with Crippen molar-refractivity contribution >= 4 is 20.9 Å². The van der Waals surface area contributed by atoms with Gasteiger partial charge in [-0.3, -0.25) is 4.98 Å². The molecule has 1 aromatic carbocycles. The van der Waals surface area contributed by atoms with Crippen LogP contribution in [-0.2, 0) is 20.3 Å². The third-order valence-electron chi connectivity index (χ3n) is 3.90. The van der Waals surface area contributed by atoms with Crippen molar-refractivity contribution in [2.75, 3.05) is 20.3 Å². The van der Waals surface area contributed by atoms with Gasteiger partial charge in [0, 0.05) is 31.8 Å². The molecule has 0 radical (unpaired) electrons. The van der Waals surface area contributed by atoms with Crippen LogP contribution in [0.25, 0.3) is 11.0 Å². The average molecular weight is 378 g/mol. The molecule has 0 spiro atoms. The number of sulfone groups is 1. The van der Waals surface area contributed by atoms with E-state index in [9.17, 15) is 8.42 Å². The maximum Gasteiger partial charge on any atom is 0.226 e. The zero-order valence-electron chi connectivity index (χ0n) is 17.2. The lowest BCUT2D eigenvalue weighted by Crippen LogP contribution is -2.10. The fraction of sp³-hybridized carbons (Fsp3) is 0.333. The van der Waals surface area contributed by atoms with E-state index in [0.717, 1.165) is 0 Å². The molecule has 0 bridgehead atoms. The Hall–Kier alpha value is -2.45. The Morgan fingerprint density at radius 1 is 1.23 bits per heavy atom. The molecule has 3 rings (SSSR count). The number of nitrogens with zero attached hydrogens (tertiary/aromatic N) is 2. The molecule has 8 heteroatoms. The van der Waals surface area contributed by atoms with E-state index in [1.807, 2.05) is 0 Å². The average Bonchev–Trinajstić information content (AvgIpc) is 3.08. The summed E-state index contributed by atoms with van der Waals surface area (Å²) in [4.78, 5) is 11.2. The van der Waals surface area contributed by atoms with Crippen LogP contribution in [0.15, 0.2) is 41.7 Å². The number of ether oxygens (including phenoxy) is 2. The molecular weight excluding hydrogens is 354 g/mol. The number of benzene rings is 1. The second-order valence-electron chi connectivity index (χ2n) is 5.75. The molecule has 0 unspecified atom stereocenters. The van der Waals surface area contributed by atoms with Gasteiger partial charge in [0.15, 0.2) is 0 Å². The Labute approximate surface area is 156 Å². The normalized spacial score (nSPS) is 14.0. The van der Waals surface area contributed by atoms with Crippen molar-refractivity contribution in [2.45, 2.75) is 24.3 Å². The van der Waals surface area contributed by atoms with Crippen LogP contribution in [0.2, 0.25) is 0 Å². The summed E-state index contributed by atoms with van der Waals surface area (Å²) in [6, 6.07) is 8.72. The van der Waals surface area contributed by atoms with Crippen LogP contribution in [0, 0.1) is 6.92 Å². The number of para-hydroxylation sites is 2. The van der Waals surface area contributed by atoms with E-state index in [1.54, 1.807) is 37.3 Å². The van der Waals surface area contributed by atoms with E-state index in [-0.39, 0.29) is 24.1 Å². The topological polar surface area (TPSA) is 94.2 Å². The SMILES string of the molecule is [2H]C([2H])([2H])OCCCOc1ccnc(CS(=O)(=O)c2nc3ccccc3[nH]2)c1C. The van der Waals surface area contributed by atoms with Crippen molar-refractivity contribution in [3.8, 4) is 5.75 Å². The summed E-state index contributed by atoms with van der Waals surface area (Å²) in [7, 11) is -6.15. The van der Waals surface area contributed by atoms with Gasteiger partial charge in [-0.1, -0.05) is 12.1 Å². The number of hydrogen-bond donors (Lipinski definition) is 1. The molecule has 0 fully saturated rings. The third kappa shape index (κ3) is 4.03. The maximum absolute atomic E-state index is 12.8. The van der Waals surface area contributed by atoms with Crippen LogP contribution in [-0.4, -0.2) is 43.6 Å². The van der Waals surface area contributed by atoms with Crippen molar-refractivity contribution in [1.82, 2.24) is 15.0 Å². The van der Waals surface area contributed by atoms with Crippen LogP contribution >= 0.6 is 0 Å². The Balaban J connectivity index is 1.68. The number of hydrogen-bond acceptors (Lipinski definition) is 6. The number of imidazole rings is 1. The Morgan fingerprint density at radius 2 is 2.08 bits per heavy atom. The number of pyridine rings is 1. The molecular formula is C18H21N3O4S. The first-order valence-electron chi connectivity index (χ1n) is 9.54. The molecule has 0 aliphatic carbocycles. The molecule has 0 saturated heterocycles. The summed E-state index contributed by atoms with van der Waals surface area (Å²) in [5, 5.41) is -0.104. The smallest absolute Gasteiger partial charge is 0.226 e. The zero-order valence-corrected chi connectivity index (χ0v) is 15.0. The highest BCUT2D eigenvalue weighted by atomic mass is 32.2. The van der Waals surface area contributed by atoms with Crippen LogP contribution < -0.4 is 4.74 Å². The number of fused-ring (bicyclic) bond motifs is 1. The summed E-state index contributed by atoms with van der Waals surface area (Å²) in [5.41, 5.74) is 2.19. The van der Waals surface area contributed by atoms with Crippen molar-refractivity contribution < 1.29 is 22.0 Å². The minimum absolute atomic E-state index is 0.0356. The number of H-pyrrole nitrogens is 1. The van der Waals surface area contributed by atoms with Crippen LogP contribution in [0.1, 0.15) is 21.8 Å². The van der Waals surface area contributed by atoms with Gasteiger partial charge < -0.3 is 14.5 Å². The summed E-state index contributed by atoms with van der Waals surface area (Å²) in [6.45, 7) is 2.00. The first-order chi connectivity index (χ1) is 13.7. The lowest BCUT2D eigenvalue weighted by atomic mass is 10.2. The number of methoxy groups -OCH3 is 1. The quantitative estimate of drug-likeness (QED) is 0.606. The molecule has 138 valence electrons. The first-order valence-corrected chi connectivity index (χ1v) is 9.70. The highest BCUT2D eigenvalue weighted by Gasteiger charge is 2.22. The monoisotopic (exact) mass is 378 g/mol. The van der Waals surface area contributed by atoms with Crippen molar-refractivity contribution in [3.05, 3.63) is 47.8 Å². The van der Waals surface area contributed by atoms with Crippen molar-refractivity contribution in [1.29, 1.82) is 0 Å². The van der Waals surface area contributed by atoms with E-state index in [4.69, 9.17) is 8.85 Å². The third-order valence-corrected chi connectivity index (χ3v) is 5.33. The Bertz CT molecular complexity index is 1060. The minimum Gasteiger partial charge on any atom is -0.493 e. The van der Waals surface area contributed by atoms with Crippen molar-refractivity contribution in [2.24, 2.45) is 0 Å². The highest BCUT2D eigenvalue weighted by Crippen LogP contribution is 2.24. The van der Waals surface area contributed by atoms with Gasteiger partial charge in [0.05, 0.1) is 27.4 Å². The molecule has 0 aliphatic heterocycles. The van der Waals surface area contributed by atoms with Crippen LogP contribution in [0.3, 0.4) is 0 Å². The van der Waals surface area contributed by atoms with E-state index >= 15 is 0 Å². The Kier molecular flexibility index (Phi) is 4.43. The van der Waals surface area contributed by atoms with E-state index in [2.05, 4.69) is 19.7 Å². The lowest BCUT2D eigenvalue weighted by molar-refractivity contribution is 0.172. The summed E-state index contributed by atoms with van der Waals surface area (Å²) in [6.07, 6.45) is 1.86. The van der Waals surface area contributed by atoms with Gasteiger partial charge in [-0.15, -0.1) is 0 Å². The Morgan fingerprint density at radius 3 is 2.88 bits per heavy atom. The summed E-state index contributed by atoms with van der Waals surface area (Å²) < 4.78 is 56.8. The molecule has 0 aliphatic rings. The molecule has 2 heterocycles. The number of aromatic nitrogens is 3. The predicted octanol–water partition coefficient (Wildman–Crippen LogP) is 2.66. The van der Waals surface area contributed by atoms with Gasteiger partial charge in [-0.2, -0.15) is 0 Å². The van der Waals surface area contributed by atoms with Crippen LogP contribution in [0.4, 0.5) is 0 Å². The second-order valence-corrected chi connectivity index (χ2v) is 7.65. The fourth-order valence-electron chi connectivity index (χ4n) is 2.50. The molecule has 7 nitrogen and oxygen atoms in total. The molecule has 2 aromatic heterocycles. The maximum atomic E-state index is 12.8. The van der Waals surface area contributed by atoms with Gasteiger partial charge in [0.25, 0.3) is 0 Å². The molecule has 1 N–H and O–H groups in total. The number of aromatic amines is 1. The molecule has 0 amide bonds. The van der Waals surface area contributed by atoms with Crippen LogP contribution in [0.5, 0.6) is 5.75 Å². The van der Waals surface area contributed by atoms with Crippen molar-refractivity contribution in [3.63, 3.8) is 0 Å².